The monoisotopic (exact) mass is 496 g/mol. The second-order valence-electron chi connectivity index (χ2n) is 9.60. The van der Waals surface area contributed by atoms with Crippen molar-refractivity contribution in [3.8, 4) is 0 Å². The maximum Gasteiger partial charge on any atom is 0.0939 e. The summed E-state index contributed by atoms with van der Waals surface area (Å²) in [5.74, 6) is 0. The average molecular weight is 497 g/mol. The number of hydrogen-bond donors (Lipinski definition) is 0. The second-order valence-corrected chi connectivity index (χ2v) is 11.7. The van der Waals surface area contributed by atoms with Crippen molar-refractivity contribution in [2.24, 2.45) is 0 Å². The SMILES string of the molecule is Cc1cc(C2=C(c3ccccc3)CC(c3ccccc3)=C2c2cc(C)c(N(C)C)s2)sc1N(C)C. The molecular formula is C31H32N2S2. The number of rotatable bonds is 6. The lowest BCUT2D eigenvalue weighted by Crippen LogP contribution is -2.07. The minimum absolute atomic E-state index is 0.932. The third-order valence-electron chi connectivity index (χ3n) is 6.54. The Hall–Kier alpha value is -3.08. The van der Waals surface area contributed by atoms with Crippen molar-refractivity contribution in [3.63, 3.8) is 0 Å². The van der Waals surface area contributed by atoms with Crippen LogP contribution in [0, 0.1) is 13.8 Å². The minimum Gasteiger partial charge on any atom is -0.369 e. The molecule has 0 N–H and O–H groups in total. The lowest BCUT2D eigenvalue weighted by atomic mass is 9.97. The highest BCUT2D eigenvalue weighted by atomic mass is 32.1. The highest BCUT2D eigenvalue weighted by Gasteiger charge is 2.31. The van der Waals surface area contributed by atoms with Crippen molar-refractivity contribution in [1.29, 1.82) is 0 Å². The number of allylic oxidation sites excluding steroid dienone is 4. The molecule has 2 heterocycles. The van der Waals surface area contributed by atoms with E-state index in [4.69, 9.17) is 0 Å². The fourth-order valence-corrected chi connectivity index (χ4v) is 7.40. The molecule has 0 amide bonds. The van der Waals surface area contributed by atoms with E-state index in [-0.39, 0.29) is 0 Å². The van der Waals surface area contributed by atoms with Crippen LogP contribution in [0.3, 0.4) is 0 Å². The Morgan fingerprint density at radius 3 is 1.26 bits per heavy atom. The van der Waals surface area contributed by atoms with E-state index in [0.717, 1.165) is 6.42 Å². The standard InChI is InChI=1S/C31H32N2S2/c1-20-17-26(34-30(20)32(3)4)28-24(22-13-9-7-10-14-22)19-25(23-15-11-8-12-16-23)29(28)27-18-21(2)31(35-27)33(5)6/h7-18H,19H2,1-6H3. The molecule has 4 heteroatoms. The zero-order valence-electron chi connectivity index (χ0n) is 21.3. The Balaban J connectivity index is 1.82. The van der Waals surface area contributed by atoms with Gasteiger partial charge in [0.25, 0.3) is 0 Å². The number of thiophene rings is 2. The van der Waals surface area contributed by atoms with Gasteiger partial charge in [0, 0.05) is 49.1 Å². The number of benzene rings is 2. The molecule has 0 saturated heterocycles. The van der Waals surface area contributed by atoms with Gasteiger partial charge in [0.05, 0.1) is 10.0 Å². The van der Waals surface area contributed by atoms with Gasteiger partial charge >= 0.3 is 0 Å². The summed E-state index contributed by atoms with van der Waals surface area (Å²) < 4.78 is 0. The van der Waals surface area contributed by atoms with Crippen LogP contribution in [0.25, 0.3) is 22.3 Å². The molecule has 0 atom stereocenters. The van der Waals surface area contributed by atoms with Crippen molar-refractivity contribution < 1.29 is 0 Å². The van der Waals surface area contributed by atoms with Gasteiger partial charge in [0.1, 0.15) is 0 Å². The quantitative estimate of drug-likeness (QED) is 0.264. The molecule has 35 heavy (non-hydrogen) atoms. The van der Waals surface area contributed by atoms with Crippen molar-refractivity contribution in [2.75, 3.05) is 38.0 Å². The number of hydrogen-bond acceptors (Lipinski definition) is 4. The summed E-state index contributed by atoms with van der Waals surface area (Å²) in [6.07, 6.45) is 0.932. The van der Waals surface area contributed by atoms with Crippen LogP contribution < -0.4 is 9.80 Å². The lowest BCUT2D eigenvalue weighted by Gasteiger charge is -2.13. The molecule has 0 spiro atoms. The Labute approximate surface area is 217 Å². The highest BCUT2D eigenvalue weighted by molar-refractivity contribution is 7.19. The van der Waals surface area contributed by atoms with Crippen LogP contribution in [-0.4, -0.2) is 28.2 Å². The van der Waals surface area contributed by atoms with Crippen LogP contribution in [0.15, 0.2) is 72.8 Å². The Morgan fingerprint density at radius 1 is 0.571 bits per heavy atom. The molecule has 4 aromatic rings. The van der Waals surface area contributed by atoms with Crippen molar-refractivity contribution in [2.45, 2.75) is 20.3 Å². The Kier molecular flexibility index (Phi) is 6.43. The van der Waals surface area contributed by atoms with Gasteiger partial charge in [-0.1, -0.05) is 60.7 Å². The molecule has 178 valence electrons. The van der Waals surface area contributed by atoms with Gasteiger partial charge in [-0.25, -0.2) is 0 Å². The van der Waals surface area contributed by atoms with Crippen LogP contribution in [0.2, 0.25) is 0 Å². The first-order valence-corrected chi connectivity index (χ1v) is 13.6. The number of aryl methyl sites for hydroxylation is 2. The molecule has 2 nitrogen and oxygen atoms in total. The van der Waals surface area contributed by atoms with Gasteiger partial charge in [0.15, 0.2) is 0 Å². The van der Waals surface area contributed by atoms with Gasteiger partial charge in [0.2, 0.25) is 0 Å². The summed E-state index contributed by atoms with van der Waals surface area (Å²) in [4.78, 5) is 7.18. The second kappa shape index (κ2) is 9.52. The van der Waals surface area contributed by atoms with Crippen molar-refractivity contribution in [3.05, 3.63) is 105 Å². The van der Waals surface area contributed by atoms with Crippen molar-refractivity contribution in [1.82, 2.24) is 0 Å². The highest BCUT2D eigenvalue weighted by Crippen LogP contribution is 2.55. The molecule has 2 aromatic heterocycles. The van der Waals surface area contributed by atoms with Crippen LogP contribution >= 0.6 is 22.7 Å². The van der Waals surface area contributed by atoms with Crippen molar-refractivity contribution >= 4 is 55.0 Å². The van der Waals surface area contributed by atoms with Gasteiger partial charge < -0.3 is 9.80 Å². The lowest BCUT2D eigenvalue weighted by molar-refractivity contribution is 1.14. The van der Waals surface area contributed by atoms with E-state index in [1.807, 2.05) is 22.7 Å². The molecule has 1 aliphatic carbocycles. The summed E-state index contributed by atoms with van der Waals surface area (Å²) in [6.45, 7) is 4.46. The average Bonchev–Trinajstić information content (AvgIpc) is 3.54. The number of anilines is 2. The van der Waals surface area contributed by atoms with E-state index in [1.165, 1.54) is 64.3 Å². The summed E-state index contributed by atoms with van der Waals surface area (Å²) in [6, 6.07) is 26.7. The first-order chi connectivity index (χ1) is 16.8. The first kappa shape index (κ1) is 23.7. The van der Waals surface area contributed by atoms with Crippen LogP contribution in [0.4, 0.5) is 10.0 Å². The molecule has 0 radical (unpaired) electrons. The third kappa shape index (κ3) is 4.37. The van der Waals surface area contributed by atoms with Gasteiger partial charge in [-0.2, -0.15) is 0 Å². The fourth-order valence-electron chi connectivity index (χ4n) is 5.05. The Bertz CT molecular complexity index is 1310. The summed E-state index contributed by atoms with van der Waals surface area (Å²) in [7, 11) is 8.56. The molecule has 0 fully saturated rings. The van der Waals surface area contributed by atoms with Crippen LogP contribution in [0.1, 0.15) is 38.4 Å². The fraction of sp³-hybridized carbons (Fsp3) is 0.226. The summed E-state index contributed by atoms with van der Waals surface area (Å²) in [5.41, 5.74) is 10.9. The molecule has 0 bridgehead atoms. The maximum atomic E-state index is 2.39. The van der Waals surface area contributed by atoms with Gasteiger partial charge in [-0.15, -0.1) is 22.7 Å². The topological polar surface area (TPSA) is 6.48 Å². The van der Waals surface area contributed by atoms with E-state index < -0.39 is 0 Å². The summed E-state index contributed by atoms with van der Waals surface area (Å²) in [5, 5.41) is 2.65. The maximum absolute atomic E-state index is 2.39. The zero-order valence-corrected chi connectivity index (χ0v) is 23.0. The first-order valence-electron chi connectivity index (χ1n) is 12.0. The van der Waals surface area contributed by atoms with Crippen LogP contribution in [-0.2, 0) is 0 Å². The number of nitrogens with zero attached hydrogens (tertiary/aromatic N) is 2. The predicted molar refractivity (Wildman–Crippen MR) is 158 cm³/mol. The minimum atomic E-state index is 0.932. The van der Waals surface area contributed by atoms with Crippen LogP contribution in [0.5, 0.6) is 0 Å². The molecular weight excluding hydrogens is 464 g/mol. The predicted octanol–water partition coefficient (Wildman–Crippen LogP) is 8.48. The molecule has 1 aliphatic rings. The normalized spacial score (nSPS) is 13.7. The smallest absolute Gasteiger partial charge is 0.0939 e. The van der Waals surface area contributed by atoms with E-state index >= 15 is 0 Å². The van der Waals surface area contributed by atoms with Gasteiger partial charge in [-0.05, 0) is 65.8 Å². The zero-order chi connectivity index (χ0) is 24.7. The van der Waals surface area contributed by atoms with E-state index in [2.05, 4.69) is 125 Å². The third-order valence-corrected chi connectivity index (χ3v) is 9.38. The molecule has 0 unspecified atom stereocenters. The van der Waals surface area contributed by atoms with E-state index in [9.17, 15) is 0 Å². The van der Waals surface area contributed by atoms with Gasteiger partial charge in [-0.3, -0.25) is 0 Å². The largest absolute Gasteiger partial charge is 0.369 e. The molecule has 5 rings (SSSR count). The molecule has 0 saturated carbocycles. The molecule has 2 aromatic carbocycles. The summed E-state index contributed by atoms with van der Waals surface area (Å²) >= 11 is 3.81. The van der Waals surface area contributed by atoms with E-state index in [0.29, 0.717) is 0 Å². The van der Waals surface area contributed by atoms with E-state index in [1.54, 1.807) is 0 Å². The molecule has 0 aliphatic heterocycles. The Morgan fingerprint density at radius 2 is 0.943 bits per heavy atom.